The number of benzene rings is 2. The number of hydrogen-bond acceptors (Lipinski definition) is 3. The molecule has 0 aromatic heterocycles. The van der Waals surface area contributed by atoms with E-state index in [4.69, 9.17) is 4.74 Å². The van der Waals surface area contributed by atoms with Gasteiger partial charge in [0.25, 0.3) is 0 Å². The van der Waals surface area contributed by atoms with Gasteiger partial charge in [0.2, 0.25) is 0 Å². The molecule has 2 aromatic rings. The minimum atomic E-state index is -0.496. The molecule has 1 aliphatic heterocycles. The highest BCUT2D eigenvalue weighted by Crippen LogP contribution is 2.49. The van der Waals surface area contributed by atoms with Crippen molar-refractivity contribution < 1.29 is 14.6 Å². The fourth-order valence-corrected chi connectivity index (χ4v) is 2.78. The molecule has 0 unspecified atom stereocenters. The quantitative estimate of drug-likeness (QED) is 0.800. The first-order valence-corrected chi connectivity index (χ1v) is 6.55. The fraction of sp³-hybridized carbons (Fsp3) is 0.235. The zero-order chi connectivity index (χ0) is 14.5. The standard InChI is InChI=1S/C17H16O3/c1-10-6-14(19)16-12-8-11(9-18)4-5-13(12)17(2,3)20-15(16)7-10/h4-9,19H,1-3H3. The molecular formula is C17H16O3. The van der Waals surface area contributed by atoms with Gasteiger partial charge in [-0.3, -0.25) is 4.79 Å². The number of carbonyl (C=O) groups is 1. The molecule has 0 amide bonds. The maximum absolute atomic E-state index is 11.0. The number of aryl methyl sites for hydroxylation is 1. The van der Waals surface area contributed by atoms with Crippen molar-refractivity contribution >= 4 is 6.29 Å². The van der Waals surface area contributed by atoms with Gasteiger partial charge in [0.1, 0.15) is 23.4 Å². The lowest BCUT2D eigenvalue weighted by Crippen LogP contribution is -2.29. The van der Waals surface area contributed by atoms with Crippen LogP contribution in [-0.2, 0) is 5.60 Å². The van der Waals surface area contributed by atoms with E-state index in [2.05, 4.69) is 0 Å². The normalized spacial score (nSPS) is 14.9. The Balaban J connectivity index is 2.37. The molecule has 3 rings (SSSR count). The molecule has 1 heterocycles. The van der Waals surface area contributed by atoms with E-state index in [1.807, 2.05) is 32.9 Å². The summed E-state index contributed by atoms with van der Waals surface area (Å²) in [6, 6.07) is 9.08. The molecule has 2 aromatic carbocycles. The number of phenolic OH excluding ortho intramolecular Hbond substituents is 1. The van der Waals surface area contributed by atoms with Crippen molar-refractivity contribution in [2.24, 2.45) is 0 Å². The van der Waals surface area contributed by atoms with Gasteiger partial charge in [0.15, 0.2) is 0 Å². The molecule has 0 aliphatic carbocycles. The number of rotatable bonds is 1. The summed E-state index contributed by atoms with van der Waals surface area (Å²) < 4.78 is 6.03. The van der Waals surface area contributed by atoms with E-state index in [1.165, 1.54) is 0 Å². The molecule has 0 spiro atoms. The number of carbonyl (C=O) groups excluding carboxylic acids is 1. The summed E-state index contributed by atoms with van der Waals surface area (Å²) in [5.74, 6) is 0.836. The molecule has 0 fully saturated rings. The van der Waals surface area contributed by atoms with Gasteiger partial charge in [0.05, 0.1) is 5.56 Å². The molecule has 3 heteroatoms. The van der Waals surface area contributed by atoms with Gasteiger partial charge in [-0.25, -0.2) is 0 Å². The SMILES string of the molecule is Cc1cc(O)c2c(c1)OC(C)(C)c1ccc(C=O)cc1-2. The molecule has 0 saturated carbocycles. The maximum Gasteiger partial charge on any atom is 0.150 e. The Labute approximate surface area is 117 Å². The Morgan fingerprint density at radius 3 is 2.65 bits per heavy atom. The predicted molar refractivity (Wildman–Crippen MR) is 77.3 cm³/mol. The monoisotopic (exact) mass is 268 g/mol. The van der Waals surface area contributed by atoms with Gasteiger partial charge in [-0.2, -0.15) is 0 Å². The summed E-state index contributed by atoms with van der Waals surface area (Å²) in [7, 11) is 0. The molecule has 0 saturated heterocycles. The topological polar surface area (TPSA) is 46.5 Å². The van der Waals surface area contributed by atoms with Crippen molar-refractivity contribution in [1.29, 1.82) is 0 Å². The smallest absolute Gasteiger partial charge is 0.150 e. The maximum atomic E-state index is 11.0. The van der Waals surface area contributed by atoms with Gasteiger partial charge >= 0.3 is 0 Å². The minimum absolute atomic E-state index is 0.180. The van der Waals surface area contributed by atoms with E-state index >= 15 is 0 Å². The molecule has 0 bridgehead atoms. The molecule has 20 heavy (non-hydrogen) atoms. The van der Waals surface area contributed by atoms with Gasteiger partial charge in [-0.1, -0.05) is 12.1 Å². The summed E-state index contributed by atoms with van der Waals surface area (Å²) in [5, 5.41) is 10.2. The second kappa shape index (κ2) is 4.10. The first-order valence-electron chi connectivity index (χ1n) is 6.55. The molecule has 3 nitrogen and oxygen atoms in total. The minimum Gasteiger partial charge on any atom is -0.507 e. The van der Waals surface area contributed by atoms with Crippen molar-refractivity contribution in [3.63, 3.8) is 0 Å². The summed E-state index contributed by atoms with van der Waals surface area (Å²) >= 11 is 0. The van der Waals surface area contributed by atoms with Crippen LogP contribution in [0.2, 0.25) is 0 Å². The highest BCUT2D eigenvalue weighted by molar-refractivity contribution is 5.86. The highest BCUT2D eigenvalue weighted by atomic mass is 16.5. The van der Waals surface area contributed by atoms with Crippen molar-refractivity contribution in [2.45, 2.75) is 26.4 Å². The van der Waals surface area contributed by atoms with Crippen LogP contribution in [0.15, 0.2) is 30.3 Å². The van der Waals surface area contributed by atoms with Crippen LogP contribution in [0.25, 0.3) is 11.1 Å². The number of aldehydes is 1. The third-order valence-electron chi connectivity index (χ3n) is 3.69. The van der Waals surface area contributed by atoms with E-state index in [0.717, 1.165) is 23.0 Å². The third-order valence-corrected chi connectivity index (χ3v) is 3.69. The number of aromatic hydroxyl groups is 1. The fourth-order valence-electron chi connectivity index (χ4n) is 2.78. The summed E-state index contributed by atoms with van der Waals surface area (Å²) in [6.45, 7) is 5.87. The van der Waals surface area contributed by atoms with Gasteiger partial charge in [-0.15, -0.1) is 0 Å². The molecule has 1 N–H and O–H groups in total. The number of fused-ring (bicyclic) bond motifs is 3. The lowest BCUT2D eigenvalue weighted by atomic mass is 9.84. The lowest BCUT2D eigenvalue weighted by Gasteiger charge is -2.35. The second-order valence-corrected chi connectivity index (χ2v) is 5.69. The van der Waals surface area contributed by atoms with Crippen LogP contribution in [0.4, 0.5) is 0 Å². The first kappa shape index (κ1) is 12.7. The van der Waals surface area contributed by atoms with Gasteiger partial charge in [-0.05, 0) is 50.1 Å². The number of ether oxygens (including phenoxy) is 1. The second-order valence-electron chi connectivity index (χ2n) is 5.69. The van der Waals surface area contributed by atoms with Crippen LogP contribution in [0.5, 0.6) is 11.5 Å². The Morgan fingerprint density at radius 2 is 1.95 bits per heavy atom. The number of phenols is 1. The summed E-state index contributed by atoms with van der Waals surface area (Å²) in [4.78, 5) is 11.0. The van der Waals surface area contributed by atoms with Crippen molar-refractivity contribution in [1.82, 2.24) is 0 Å². The Bertz CT molecular complexity index is 714. The number of hydrogen-bond donors (Lipinski definition) is 1. The Hall–Kier alpha value is -2.29. The van der Waals surface area contributed by atoms with Gasteiger partial charge in [0, 0.05) is 11.1 Å². The Kier molecular flexibility index (Phi) is 2.61. The van der Waals surface area contributed by atoms with Crippen LogP contribution in [0.3, 0.4) is 0 Å². The summed E-state index contributed by atoms with van der Waals surface area (Å²) in [6.07, 6.45) is 0.813. The zero-order valence-electron chi connectivity index (χ0n) is 11.7. The largest absolute Gasteiger partial charge is 0.507 e. The van der Waals surface area contributed by atoms with Crippen LogP contribution < -0.4 is 4.74 Å². The summed E-state index contributed by atoms with van der Waals surface area (Å²) in [5.41, 5.74) is 3.52. The van der Waals surface area contributed by atoms with Gasteiger partial charge < -0.3 is 9.84 Å². The van der Waals surface area contributed by atoms with Crippen molar-refractivity contribution in [3.05, 3.63) is 47.0 Å². The first-order chi connectivity index (χ1) is 9.42. The third kappa shape index (κ3) is 1.78. The molecular weight excluding hydrogens is 252 g/mol. The average molecular weight is 268 g/mol. The van der Waals surface area contributed by atoms with Crippen molar-refractivity contribution in [2.75, 3.05) is 0 Å². The predicted octanol–water partition coefficient (Wildman–Crippen LogP) is 3.81. The molecule has 0 radical (unpaired) electrons. The van der Waals surface area contributed by atoms with Crippen LogP contribution >= 0.6 is 0 Å². The van der Waals surface area contributed by atoms with E-state index < -0.39 is 5.60 Å². The van der Waals surface area contributed by atoms with Crippen LogP contribution in [0.1, 0.15) is 35.3 Å². The van der Waals surface area contributed by atoms with E-state index in [1.54, 1.807) is 18.2 Å². The van der Waals surface area contributed by atoms with E-state index in [9.17, 15) is 9.90 Å². The Morgan fingerprint density at radius 1 is 1.20 bits per heavy atom. The van der Waals surface area contributed by atoms with Crippen LogP contribution in [-0.4, -0.2) is 11.4 Å². The van der Waals surface area contributed by atoms with E-state index in [-0.39, 0.29) is 5.75 Å². The lowest BCUT2D eigenvalue weighted by molar-refractivity contribution is 0.105. The zero-order valence-corrected chi connectivity index (χ0v) is 11.7. The van der Waals surface area contributed by atoms with Crippen LogP contribution in [0, 0.1) is 6.92 Å². The molecule has 0 atom stereocenters. The molecule has 102 valence electrons. The highest BCUT2D eigenvalue weighted by Gasteiger charge is 2.34. The van der Waals surface area contributed by atoms with Crippen molar-refractivity contribution in [3.8, 4) is 22.6 Å². The van der Waals surface area contributed by atoms with E-state index in [0.29, 0.717) is 16.9 Å². The average Bonchev–Trinajstić information content (AvgIpc) is 2.36. The molecule has 1 aliphatic rings.